The first kappa shape index (κ1) is 11.8. The minimum absolute atomic E-state index is 0.260. The molecule has 0 atom stereocenters. The van der Waals surface area contributed by atoms with Gasteiger partial charge in [0, 0.05) is 30.9 Å². The summed E-state index contributed by atoms with van der Waals surface area (Å²) in [5.41, 5.74) is 2.86. The molecule has 0 saturated heterocycles. The van der Waals surface area contributed by atoms with E-state index < -0.39 is 0 Å². The number of aromatic nitrogens is 4. The number of hydrogen-bond acceptors (Lipinski definition) is 5. The van der Waals surface area contributed by atoms with E-state index in [-0.39, 0.29) is 5.41 Å². The van der Waals surface area contributed by atoms with Crippen LogP contribution in [0, 0.1) is 5.41 Å². The van der Waals surface area contributed by atoms with Gasteiger partial charge in [-0.2, -0.15) is 5.10 Å². The maximum absolute atomic E-state index is 4.17. The average molecular weight is 263 g/mol. The zero-order valence-corrected chi connectivity index (χ0v) is 11.5. The molecule has 1 aliphatic heterocycles. The molecule has 6 heteroatoms. The molecule has 0 saturated carbocycles. The van der Waals surface area contributed by atoms with Crippen LogP contribution in [0.25, 0.3) is 0 Å². The zero-order chi connectivity index (χ0) is 12.6. The molecule has 3 heterocycles. The fraction of sp³-hybridized carbons (Fsp3) is 0.583. The highest BCUT2D eigenvalue weighted by Gasteiger charge is 2.28. The van der Waals surface area contributed by atoms with Gasteiger partial charge in [0.1, 0.15) is 0 Å². The summed E-state index contributed by atoms with van der Waals surface area (Å²) in [7, 11) is 0. The van der Waals surface area contributed by atoms with Crippen molar-refractivity contribution in [3.63, 3.8) is 0 Å². The second kappa shape index (κ2) is 4.44. The zero-order valence-electron chi connectivity index (χ0n) is 10.7. The Bertz CT molecular complexity index is 516. The van der Waals surface area contributed by atoms with Crippen LogP contribution in [-0.2, 0) is 19.5 Å². The molecule has 0 aromatic carbocycles. The topological polar surface area (TPSA) is 57.7 Å². The van der Waals surface area contributed by atoms with Crippen molar-refractivity contribution in [2.75, 3.05) is 6.54 Å². The van der Waals surface area contributed by atoms with E-state index in [4.69, 9.17) is 0 Å². The van der Waals surface area contributed by atoms with Gasteiger partial charge in [-0.1, -0.05) is 18.3 Å². The lowest BCUT2D eigenvalue weighted by Gasteiger charge is -2.28. The quantitative estimate of drug-likeness (QED) is 0.898. The van der Waals surface area contributed by atoms with Crippen LogP contribution in [0.15, 0.2) is 12.4 Å². The van der Waals surface area contributed by atoms with Crippen LogP contribution in [0.1, 0.15) is 30.0 Å². The van der Waals surface area contributed by atoms with Crippen molar-refractivity contribution in [2.45, 2.75) is 33.4 Å². The van der Waals surface area contributed by atoms with Gasteiger partial charge in [-0.3, -0.25) is 10.00 Å². The third-order valence-corrected chi connectivity index (χ3v) is 3.94. The van der Waals surface area contributed by atoms with Gasteiger partial charge in [0.05, 0.1) is 17.3 Å². The number of rotatable bonds is 2. The molecule has 5 nitrogen and oxygen atoms in total. The summed E-state index contributed by atoms with van der Waals surface area (Å²) in [6.45, 7) is 7.56. The maximum atomic E-state index is 4.17. The second-order valence-electron chi connectivity index (χ2n) is 5.74. The van der Waals surface area contributed by atoms with E-state index in [0.29, 0.717) is 0 Å². The van der Waals surface area contributed by atoms with Gasteiger partial charge in [0.2, 0.25) is 0 Å². The normalized spacial score (nSPS) is 19.4. The van der Waals surface area contributed by atoms with E-state index in [2.05, 4.69) is 38.5 Å². The molecule has 0 amide bonds. The van der Waals surface area contributed by atoms with Crippen molar-refractivity contribution in [1.82, 2.24) is 24.7 Å². The molecule has 18 heavy (non-hydrogen) atoms. The van der Waals surface area contributed by atoms with Gasteiger partial charge in [-0.05, 0) is 23.4 Å². The van der Waals surface area contributed by atoms with E-state index >= 15 is 0 Å². The van der Waals surface area contributed by atoms with Gasteiger partial charge >= 0.3 is 0 Å². The van der Waals surface area contributed by atoms with Crippen molar-refractivity contribution in [1.29, 1.82) is 0 Å². The molecular weight excluding hydrogens is 246 g/mol. The molecule has 0 fully saturated rings. The molecule has 2 aromatic heterocycles. The first-order valence-electron chi connectivity index (χ1n) is 6.12. The molecule has 0 radical (unpaired) electrons. The van der Waals surface area contributed by atoms with Crippen LogP contribution in [0.4, 0.5) is 0 Å². The third-order valence-electron chi connectivity index (χ3n) is 3.29. The predicted molar refractivity (Wildman–Crippen MR) is 70.1 cm³/mol. The second-order valence-corrected chi connectivity index (χ2v) is 6.61. The molecule has 1 N–H and O–H groups in total. The molecule has 0 spiro atoms. The lowest BCUT2D eigenvalue weighted by Crippen LogP contribution is -2.32. The lowest BCUT2D eigenvalue weighted by atomic mass is 9.88. The van der Waals surface area contributed by atoms with E-state index in [1.54, 1.807) is 0 Å². The molecule has 1 aliphatic rings. The Morgan fingerprint density at radius 1 is 1.44 bits per heavy atom. The van der Waals surface area contributed by atoms with Crippen molar-refractivity contribution in [3.8, 4) is 0 Å². The Labute approximate surface area is 110 Å². The van der Waals surface area contributed by atoms with Gasteiger partial charge in [0.15, 0.2) is 0 Å². The van der Waals surface area contributed by atoms with E-state index in [1.807, 2.05) is 12.4 Å². The molecular formula is C12H17N5S. The van der Waals surface area contributed by atoms with Crippen LogP contribution in [0.5, 0.6) is 0 Å². The van der Waals surface area contributed by atoms with E-state index in [9.17, 15) is 0 Å². The van der Waals surface area contributed by atoms with Gasteiger partial charge in [-0.25, -0.2) is 0 Å². The monoisotopic (exact) mass is 263 g/mol. The SMILES string of the molecule is CC1(C)Cc2[nH]ncc2CN(Cc2cnns2)C1. The van der Waals surface area contributed by atoms with Gasteiger partial charge in [-0.15, -0.1) is 5.10 Å². The van der Waals surface area contributed by atoms with Crippen LogP contribution in [-0.4, -0.2) is 31.2 Å². The Balaban J connectivity index is 1.83. The maximum Gasteiger partial charge on any atom is 0.0666 e. The summed E-state index contributed by atoms with van der Waals surface area (Å²) in [5, 5.41) is 11.2. The summed E-state index contributed by atoms with van der Waals surface area (Å²) in [4.78, 5) is 3.68. The smallest absolute Gasteiger partial charge is 0.0666 e. The minimum atomic E-state index is 0.260. The minimum Gasteiger partial charge on any atom is -0.293 e. The number of aromatic amines is 1. The number of hydrogen-bond donors (Lipinski definition) is 1. The summed E-state index contributed by atoms with van der Waals surface area (Å²) in [6, 6.07) is 0. The molecule has 0 aliphatic carbocycles. The highest BCUT2D eigenvalue weighted by Crippen LogP contribution is 2.29. The third kappa shape index (κ3) is 2.44. The standard InChI is InChI=1S/C12H17N5S/c1-12(2)3-11-9(4-13-15-11)6-17(8-12)7-10-5-14-16-18-10/h4-5H,3,6-8H2,1-2H3,(H,13,15). The summed E-state index contributed by atoms with van der Waals surface area (Å²) in [6.07, 6.45) is 4.87. The van der Waals surface area contributed by atoms with Crippen LogP contribution in [0.2, 0.25) is 0 Å². The average Bonchev–Trinajstić information content (AvgIpc) is 2.88. The number of nitrogens with zero attached hydrogens (tertiary/aromatic N) is 4. The van der Waals surface area contributed by atoms with Gasteiger partial charge < -0.3 is 0 Å². The highest BCUT2D eigenvalue weighted by molar-refractivity contribution is 7.05. The fourth-order valence-electron chi connectivity index (χ4n) is 2.65. The lowest BCUT2D eigenvalue weighted by molar-refractivity contribution is 0.174. The Hall–Kier alpha value is -1.27. The molecule has 96 valence electrons. The van der Waals surface area contributed by atoms with Crippen LogP contribution < -0.4 is 0 Å². The summed E-state index contributed by atoms with van der Waals surface area (Å²) in [5.74, 6) is 0. The number of fused-ring (bicyclic) bond motifs is 1. The molecule has 2 aromatic rings. The van der Waals surface area contributed by atoms with E-state index in [1.165, 1.54) is 27.7 Å². The van der Waals surface area contributed by atoms with Crippen molar-refractivity contribution in [3.05, 3.63) is 28.5 Å². The predicted octanol–water partition coefficient (Wildman–Crippen LogP) is 1.85. The molecule has 0 bridgehead atoms. The van der Waals surface area contributed by atoms with Crippen LogP contribution in [0.3, 0.4) is 0 Å². The summed E-state index contributed by atoms with van der Waals surface area (Å²) >= 11 is 1.48. The fourth-order valence-corrected chi connectivity index (χ4v) is 3.19. The molecule has 3 rings (SSSR count). The Morgan fingerprint density at radius 2 is 2.33 bits per heavy atom. The van der Waals surface area contributed by atoms with Crippen molar-refractivity contribution in [2.24, 2.45) is 5.41 Å². The first-order valence-corrected chi connectivity index (χ1v) is 6.89. The van der Waals surface area contributed by atoms with Crippen molar-refractivity contribution < 1.29 is 0 Å². The highest BCUT2D eigenvalue weighted by atomic mass is 32.1. The number of H-pyrrole nitrogens is 1. The van der Waals surface area contributed by atoms with Crippen LogP contribution >= 0.6 is 11.5 Å². The first-order chi connectivity index (χ1) is 8.62. The van der Waals surface area contributed by atoms with Crippen molar-refractivity contribution >= 4 is 11.5 Å². The Kier molecular flexibility index (Phi) is 2.91. The van der Waals surface area contributed by atoms with Gasteiger partial charge in [0.25, 0.3) is 0 Å². The largest absolute Gasteiger partial charge is 0.293 e. The summed E-state index contributed by atoms with van der Waals surface area (Å²) < 4.78 is 3.93. The Morgan fingerprint density at radius 3 is 3.11 bits per heavy atom. The van der Waals surface area contributed by atoms with E-state index in [0.717, 1.165) is 26.1 Å². The molecule has 0 unspecified atom stereocenters. The number of nitrogens with one attached hydrogen (secondary N) is 1.